The molecule has 156 valence electrons. The summed E-state index contributed by atoms with van der Waals surface area (Å²) in [5.74, 6) is 0.910. The molecule has 2 amide bonds. The molecule has 28 heavy (non-hydrogen) atoms. The number of amides is 2. The zero-order valence-corrected chi connectivity index (χ0v) is 18.6. The summed E-state index contributed by atoms with van der Waals surface area (Å²) in [6.45, 7) is 6.91. The van der Waals surface area contributed by atoms with E-state index in [0.29, 0.717) is 28.8 Å². The predicted molar refractivity (Wildman–Crippen MR) is 117 cm³/mol. The van der Waals surface area contributed by atoms with Crippen molar-refractivity contribution in [3.05, 3.63) is 16.0 Å². The fourth-order valence-electron chi connectivity index (χ4n) is 4.89. The van der Waals surface area contributed by atoms with Gasteiger partial charge in [0.2, 0.25) is 5.91 Å². The largest absolute Gasteiger partial charge is 0.365 e. The average molecular weight is 405 g/mol. The minimum absolute atomic E-state index is 0.0251. The van der Waals surface area contributed by atoms with Gasteiger partial charge in [-0.05, 0) is 48.5 Å². The standard InChI is InChI=1S/C23H36N2O2S/c1-4-23(2,3)16-11-12-17-18(14-16)28-22(20(17)21(24)27)25-19(26)13-10-15-8-6-5-7-9-15/h15-16H,4-14H2,1-3H3,(H2,24,27)(H,25,26). The smallest absolute Gasteiger partial charge is 0.251 e. The summed E-state index contributed by atoms with van der Waals surface area (Å²) in [5.41, 5.74) is 7.66. The topological polar surface area (TPSA) is 72.2 Å². The average Bonchev–Trinajstić information content (AvgIpc) is 3.04. The second-order valence-electron chi connectivity index (χ2n) is 9.44. The first-order valence-corrected chi connectivity index (χ1v) is 11.9. The molecule has 0 saturated heterocycles. The van der Waals surface area contributed by atoms with Gasteiger partial charge in [0, 0.05) is 11.3 Å². The van der Waals surface area contributed by atoms with Crippen LogP contribution in [0.1, 0.15) is 99.4 Å². The number of nitrogens with two attached hydrogens (primary N) is 1. The highest BCUT2D eigenvalue weighted by molar-refractivity contribution is 7.17. The van der Waals surface area contributed by atoms with Crippen LogP contribution in [0.3, 0.4) is 0 Å². The van der Waals surface area contributed by atoms with Gasteiger partial charge in [-0.25, -0.2) is 0 Å². The van der Waals surface area contributed by atoms with Crippen molar-refractivity contribution in [3.63, 3.8) is 0 Å². The zero-order chi connectivity index (χ0) is 20.3. The Balaban J connectivity index is 1.69. The van der Waals surface area contributed by atoms with E-state index in [1.807, 2.05) is 0 Å². The van der Waals surface area contributed by atoms with Crippen LogP contribution in [0.15, 0.2) is 0 Å². The lowest BCUT2D eigenvalue weighted by molar-refractivity contribution is -0.116. The van der Waals surface area contributed by atoms with Crippen LogP contribution in [0.5, 0.6) is 0 Å². The van der Waals surface area contributed by atoms with Gasteiger partial charge < -0.3 is 11.1 Å². The van der Waals surface area contributed by atoms with Gasteiger partial charge in [-0.1, -0.05) is 59.3 Å². The Hall–Kier alpha value is -1.36. The molecule has 2 aliphatic rings. The molecule has 1 fully saturated rings. The van der Waals surface area contributed by atoms with Crippen LogP contribution in [0.25, 0.3) is 0 Å². The lowest BCUT2D eigenvalue weighted by Gasteiger charge is -2.36. The summed E-state index contributed by atoms with van der Waals surface area (Å²) >= 11 is 1.58. The van der Waals surface area contributed by atoms with Gasteiger partial charge in [0.1, 0.15) is 5.00 Å². The maximum absolute atomic E-state index is 12.6. The van der Waals surface area contributed by atoms with Crippen molar-refractivity contribution in [2.45, 2.75) is 91.4 Å². The van der Waals surface area contributed by atoms with Crippen molar-refractivity contribution in [2.24, 2.45) is 23.0 Å². The third kappa shape index (κ3) is 4.79. The molecule has 1 aromatic rings. The summed E-state index contributed by atoms with van der Waals surface area (Å²) in [5, 5.41) is 3.72. The number of anilines is 1. The maximum Gasteiger partial charge on any atom is 0.251 e. The number of primary amides is 1. The summed E-state index contributed by atoms with van der Waals surface area (Å²) in [4.78, 5) is 26.0. The van der Waals surface area contributed by atoms with Crippen molar-refractivity contribution >= 4 is 28.2 Å². The Kier molecular flexibility index (Phi) is 6.85. The zero-order valence-electron chi connectivity index (χ0n) is 17.7. The Morgan fingerprint density at radius 3 is 2.54 bits per heavy atom. The number of hydrogen-bond acceptors (Lipinski definition) is 3. The van der Waals surface area contributed by atoms with Crippen molar-refractivity contribution < 1.29 is 9.59 Å². The first kappa shape index (κ1) is 21.4. The lowest BCUT2D eigenvalue weighted by atomic mass is 9.69. The molecule has 5 heteroatoms. The molecule has 3 rings (SSSR count). The minimum atomic E-state index is -0.409. The van der Waals surface area contributed by atoms with E-state index in [1.165, 1.54) is 37.0 Å². The number of hydrogen-bond donors (Lipinski definition) is 2. The molecule has 0 bridgehead atoms. The van der Waals surface area contributed by atoms with E-state index in [1.54, 1.807) is 11.3 Å². The molecule has 0 aliphatic heterocycles. The van der Waals surface area contributed by atoms with Gasteiger partial charge >= 0.3 is 0 Å². The quantitative estimate of drug-likeness (QED) is 0.613. The molecule has 1 heterocycles. The first-order valence-electron chi connectivity index (χ1n) is 11.1. The summed E-state index contributed by atoms with van der Waals surface area (Å²) < 4.78 is 0. The van der Waals surface area contributed by atoms with E-state index >= 15 is 0 Å². The third-order valence-electron chi connectivity index (χ3n) is 7.29. The Labute approximate surface area is 173 Å². The Morgan fingerprint density at radius 2 is 1.89 bits per heavy atom. The third-order valence-corrected chi connectivity index (χ3v) is 8.46. The predicted octanol–water partition coefficient (Wildman–Crippen LogP) is 5.69. The SMILES string of the molecule is CCC(C)(C)C1CCc2c(sc(NC(=O)CCC3CCCCC3)c2C(N)=O)C1. The summed E-state index contributed by atoms with van der Waals surface area (Å²) in [6.07, 6.45) is 12.0. The highest BCUT2D eigenvalue weighted by atomic mass is 32.1. The second-order valence-corrected chi connectivity index (χ2v) is 10.6. The van der Waals surface area contributed by atoms with Crippen LogP contribution in [0, 0.1) is 17.3 Å². The molecule has 4 nitrogen and oxygen atoms in total. The van der Waals surface area contributed by atoms with Crippen molar-refractivity contribution in [1.29, 1.82) is 0 Å². The summed E-state index contributed by atoms with van der Waals surface area (Å²) in [6, 6.07) is 0. The number of carbonyl (C=O) groups excluding carboxylic acids is 2. The molecular weight excluding hydrogens is 368 g/mol. The fraction of sp³-hybridized carbons (Fsp3) is 0.739. The molecule has 0 spiro atoms. The molecule has 1 atom stereocenters. The second kappa shape index (κ2) is 8.98. The highest BCUT2D eigenvalue weighted by Gasteiger charge is 2.35. The first-order chi connectivity index (χ1) is 13.3. The van der Waals surface area contributed by atoms with E-state index < -0.39 is 5.91 Å². The van der Waals surface area contributed by atoms with Crippen molar-refractivity contribution in [2.75, 3.05) is 5.32 Å². The van der Waals surface area contributed by atoms with Crippen LogP contribution < -0.4 is 11.1 Å². The fourth-order valence-corrected chi connectivity index (χ4v) is 6.24. The van der Waals surface area contributed by atoms with Gasteiger partial charge in [0.25, 0.3) is 5.91 Å². The number of thiophene rings is 1. The molecule has 3 N–H and O–H groups in total. The molecule has 1 saturated carbocycles. The van der Waals surface area contributed by atoms with Gasteiger partial charge in [0.05, 0.1) is 5.56 Å². The normalized spacial score (nSPS) is 20.6. The van der Waals surface area contributed by atoms with E-state index in [0.717, 1.165) is 37.7 Å². The highest BCUT2D eigenvalue weighted by Crippen LogP contribution is 2.45. The molecule has 2 aliphatic carbocycles. The molecule has 0 radical (unpaired) electrons. The van der Waals surface area contributed by atoms with E-state index in [9.17, 15) is 9.59 Å². The van der Waals surface area contributed by atoms with Crippen LogP contribution in [-0.4, -0.2) is 11.8 Å². The lowest BCUT2D eigenvalue weighted by Crippen LogP contribution is -2.29. The van der Waals surface area contributed by atoms with Crippen molar-refractivity contribution in [3.8, 4) is 0 Å². The molecular formula is C23H36N2O2S. The number of rotatable bonds is 7. The number of nitrogens with one attached hydrogen (secondary N) is 1. The number of fused-ring (bicyclic) bond motifs is 1. The molecule has 1 aromatic heterocycles. The minimum Gasteiger partial charge on any atom is -0.365 e. The Morgan fingerprint density at radius 1 is 1.18 bits per heavy atom. The van der Waals surface area contributed by atoms with Crippen LogP contribution >= 0.6 is 11.3 Å². The van der Waals surface area contributed by atoms with E-state index in [2.05, 4.69) is 26.1 Å². The van der Waals surface area contributed by atoms with Crippen molar-refractivity contribution in [1.82, 2.24) is 0 Å². The molecule has 0 aromatic carbocycles. The van der Waals surface area contributed by atoms with Gasteiger partial charge in [-0.3, -0.25) is 9.59 Å². The van der Waals surface area contributed by atoms with E-state index in [4.69, 9.17) is 5.73 Å². The van der Waals surface area contributed by atoms with Gasteiger partial charge in [-0.2, -0.15) is 0 Å². The van der Waals surface area contributed by atoms with E-state index in [-0.39, 0.29) is 11.3 Å². The Bertz CT molecular complexity index is 716. The van der Waals surface area contributed by atoms with Gasteiger partial charge in [-0.15, -0.1) is 11.3 Å². The van der Waals surface area contributed by atoms with Crippen LogP contribution in [0.4, 0.5) is 5.00 Å². The van der Waals surface area contributed by atoms with Gasteiger partial charge in [0.15, 0.2) is 0 Å². The maximum atomic E-state index is 12.6. The van der Waals surface area contributed by atoms with Crippen LogP contribution in [0.2, 0.25) is 0 Å². The summed E-state index contributed by atoms with van der Waals surface area (Å²) in [7, 11) is 0. The monoisotopic (exact) mass is 404 g/mol. The number of carbonyl (C=O) groups is 2. The van der Waals surface area contributed by atoms with Crippen LogP contribution in [-0.2, 0) is 17.6 Å². The molecule has 1 unspecified atom stereocenters.